The molecule has 1 fully saturated rings. The van der Waals surface area contributed by atoms with Crippen LogP contribution in [-0.2, 0) is 4.74 Å². The molecule has 0 spiro atoms. The second-order valence-corrected chi connectivity index (χ2v) is 5.05. The van der Waals surface area contributed by atoms with Gasteiger partial charge in [0.2, 0.25) is 0 Å². The summed E-state index contributed by atoms with van der Waals surface area (Å²) >= 11 is 0. The third-order valence-corrected chi connectivity index (χ3v) is 3.29. The zero-order valence-electron chi connectivity index (χ0n) is 10.7. The number of nitrogens with one attached hydrogen (secondary N) is 1. The number of ether oxygens (including phenoxy) is 1. The molecule has 0 bridgehead atoms. The Bertz CT molecular complexity index is 167. The van der Waals surface area contributed by atoms with E-state index in [4.69, 9.17) is 9.84 Å². The molecule has 16 heavy (non-hydrogen) atoms. The Labute approximate surface area is 99.6 Å². The van der Waals surface area contributed by atoms with Crippen LogP contribution < -0.4 is 5.32 Å². The topological polar surface area (TPSA) is 41.5 Å². The largest absolute Gasteiger partial charge is 0.396 e. The Hall–Kier alpha value is -0.120. The fourth-order valence-electron chi connectivity index (χ4n) is 2.14. The molecule has 0 heterocycles. The summed E-state index contributed by atoms with van der Waals surface area (Å²) in [6.45, 7) is 6.30. The molecule has 96 valence electrons. The summed E-state index contributed by atoms with van der Waals surface area (Å²) in [6.07, 6.45) is 6.44. The predicted octanol–water partition coefficient (Wildman–Crippen LogP) is 1.94. The van der Waals surface area contributed by atoms with Gasteiger partial charge >= 0.3 is 0 Å². The number of aliphatic hydroxyl groups excluding tert-OH is 1. The van der Waals surface area contributed by atoms with Crippen LogP contribution >= 0.6 is 0 Å². The fourth-order valence-corrected chi connectivity index (χ4v) is 2.14. The summed E-state index contributed by atoms with van der Waals surface area (Å²) in [6, 6.07) is 0.704. The molecule has 0 aliphatic heterocycles. The van der Waals surface area contributed by atoms with Gasteiger partial charge in [0.1, 0.15) is 0 Å². The SMILES string of the molecule is CCCNC1CCC(OCC(C)CO)CC1. The number of aliphatic hydroxyl groups is 1. The first kappa shape index (κ1) is 13.9. The van der Waals surface area contributed by atoms with Crippen molar-refractivity contribution in [1.82, 2.24) is 5.32 Å². The first-order valence-electron chi connectivity index (χ1n) is 6.72. The molecule has 1 aliphatic carbocycles. The summed E-state index contributed by atoms with van der Waals surface area (Å²) in [7, 11) is 0. The van der Waals surface area contributed by atoms with Crippen LogP contribution in [0.5, 0.6) is 0 Å². The van der Waals surface area contributed by atoms with Crippen molar-refractivity contribution in [3.63, 3.8) is 0 Å². The van der Waals surface area contributed by atoms with Crippen LogP contribution in [-0.4, -0.2) is 37.0 Å². The summed E-state index contributed by atoms with van der Waals surface area (Å²) in [5.74, 6) is 0.274. The highest BCUT2D eigenvalue weighted by Crippen LogP contribution is 2.21. The van der Waals surface area contributed by atoms with Gasteiger partial charge in [-0.15, -0.1) is 0 Å². The molecule has 0 saturated heterocycles. The molecule has 1 rings (SSSR count). The van der Waals surface area contributed by atoms with Crippen LogP contribution in [0.3, 0.4) is 0 Å². The summed E-state index contributed by atoms with van der Waals surface area (Å²) in [5.41, 5.74) is 0. The Balaban J connectivity index is 2.07. The highest BCUT2D eigenvalue weighted by Gasteiger charge is 2.21. The molecule has 0 aromatic carbocycles. The van der Waals surface area contributed by atoms with E-state index >= 15 is 0 Å². The van der Waals surface area contributed by atoms with Gasteiger partial charge in [0.25, 0.3) is 0 Å². The van der Waals surface area contributed by atoms with E-state index in [1.54, 1.807) is 0 Å². The van der Waals surface area contributed by atoms with E-state index in [0.717, 1.165) is 6.54 Å². The Kier molecular flexibility index (Phi) is 7.01. The normalized spacial score (nSPS) is 27.9. The first-order chi connectivity index (χ1) is 7.76. The standard InChI is InChI=1S/C13H27NO2/c1-3-8-14-12-4-6-13(7-5-12)16-10-11(2)9-15/h11-15H,3-10H2,1-2H3. The lowest BCUT2D eigenvalue weighted by atomic mass is 9.93. The molecule has 0 amide bonds. The van der Waals surface area contributed by atoms with E-state index in [0.29, 0.717) is 18.8 Å². The molecular weight excluding hydrogens is 202 g/mol. The third-order valence-electron chi connectivity index (χ3n) is 3.29. The number of hydrogen-bond acceptors (Lipinski definition) is 3. The predicted molar refractivity (Wildman–Crippen MR) is 66.5 cm³/mol. The van der Waals surface area contributed by atoms with Crippen LogP contribution in [0.15, 0.2) is 0 Å². The van der Waals surface area contributed by atoms with E-state index in [1.807, 2.05) is 6.92 Å². The zero-order valence-corrected chi connectivity index (χ0v) is 10.7. The van der Waals surface area contributed by atoms with Gasteiger partial charge in [-0.05, 0) is 38.6 Å². The van der Waals surface area contributed by atoms with Crippen LogP contribution in [0.4, 0.5) is 0 Å². The van der Waals surface area contributed by atoms with Crippen molar-refractivity contribution in [2.75, 3.05) is 19.8 Å². The van der Waals surface area contributed by atoms with Gasteiger partial charge in [0.05, 0.1) is 12.7 Å². The van der Waals surface area contributed by atoms with Crippen molar-refractivity contribution >= 4 is 0 Å². The van der Waals surface area contributed by atoms with E-state index in [2.05, 4.69) is 12.2 Å². The monoisotopic (exact) mass is 229 g/mol. The van der Waals surface area contributed by atoms with Crippen molar-refractivity contribution < 1.29 is 9.84 Å². The first-order valence-corrected chi connectivity index (χ1v) is 6.72. The van der Waals surface area contributed by atoms with Crippen molar-refractivity contribution in [3.8, 4) is 0 Å². The number of rotatable bonds is 7. The molecule has 3 heteroatoms. The number of hydrogen-bond donors (Lipinski definition) is 2. The molecule has 1 atom stereocenters. The van der Waals surface area contributed by atoms with Crippen molar-refractivity contribution in [2.45, 2.75) is 58.1 Å². The highest BCUT2D eigenvalue weighted by atomic mass is 16.5. The zero-order chi connectivity index (χ0) is 11.8. The molecule has 0 aromatic heterocycles. The van der Waals surface area contributed by atoms with Gasteiger partial charge in [-0.2, -0.15) is 0 Å². The maximum atomic E-state index is 8.91. The molecule has 1 aliphatic rings. The molecule has 1 unspecified atom stereocenters. The van der Waals surface area contributed by atoms with E-state index in [1.165, 1.54) is 32.1 Å². The van der Waals surface area contributed by atoms with E-state index < -0.39 is 0 Å². The van der Waals surface area contributed by atoms with Gasteiger partial charge in [0.15, 0.2) is 0 Å². The minimum Gasteiger partial charge on any atom is -0.396 e. The lowest BCUT2D eigenvalue weighted by Crippen LogP contribution is -2.36. The van der Waals surface area contributed by atoms with Gasteiger partial charge in [-0.3, -0.25) is 0 Å². The van der Waals surface area contributed by atoms with Crippen molar-refractivity contribution in [2.24, 2.45) is 5.92 Å². The van der Waals surface area contributed by atoms with Crippen LogP contribution in [0.1, 0.15) is 46.0 Å². The molecule has 0 radical (unpaired) electrons. The lowest BCUT2D eigenvalue weighted by Gasteiger charge is -2.29. The Morgan fingerprint density at radius 3 is 2.56 bits per heavy atom. The van der Waals surface area contributed by atoms with Crippen LogP contribution in [0.25, 0.3) is 0 Å². The molecule has 2 N–H and O–H groups in total. The quantitative estimate of drug-likeness (QED) is 0.701. The maximum Gasteiger partial charge on any atom is 0.0576 e. The average molecular weight is 229 g/mol. The third kappa shape index (κ3) is 5.28. The lowest BCUT2D eigenvalue weighted by molar-refractivity contribution is -0.00344. The maximum absolute atomic E-state index is 8.91. The Morgan fingerprint density at radius 1 is 1.31 bits per heavy atom. The van der Waals surface area contributed by atoms with Crippen molar-refractivity contribution in [3.05, 3.63) is 0 Å². The van der Waals surface area contributed by atoms with Gasteiger partial charge < -0.3 is 15.2 Å². The van der Waals surface area contributed by atoms with E-state index in [9.17, 15) is 0 Å². The molecular formula is C13H27NO2. The van der Waals surface area contributed by atoms with Crippen LogP contribution in [0, 0.1) is 5.92 Å². The summed E-state index contributed by atoms with van der Waals surface area (Å²) < 4.78 is 5.80. The Morgan fingerprint density at radius 2 is 2.00 bits per heavy atom. The van der Waals surface area contributed by atoms with E-state index in [-0.39, 0.29) is 12.5 Å². The highest BCUT2D eigenvalue weighted by molar-refractivity contribution is 4.77. The molecule has 3 nitrogen and oxygen atoms in total. The summed E-state index contributed by atoms with van der Waals surface area (Å²) in [4.78, 5) is 0. The summed E-state index contributed by atoms with van der Waals surface area (Å²) in [5, 5.41) is 12.5. The second kappa shape index (κ2) is 8.04. The molecule has 0 aromatic rings. The fraction of sp³-hybridized carbons (Fsp3) is 1.00. The van der Waals surface area contributed by atoms with Gasteiger partial charge in [-0.1, -0.05) is 13.8 Å². The van der Waals surface area contributed by atoms with Gasteiger partial charge in [0, 0.05) is 18.6 Å². The second-order valence-electron chi connectivity index (χ2n) is 5.05. The minimum atomic E-state index is 0.230. The van der Waals surface area contributed by atoms with Crippen LogP contribution in [0.2, 0.25) is 0 Å². The van der Waals surface area contributed by atoms with Crippen molar-refractivity contribution in [1.29, 1.82) is 0 Å². The minimum absolute atomic E-state index is 0.230. The smallest absolute Gasteiger partial charge is 0.0576 e. The molecule has 1 saturated carbocycles. The van der Waals surface area contributed by atoms with Gasteiger partial charge in [-0.25, -0.2) is 0 Å². The average Bonchev–Trinajstić information content (AvgIpc) is 2.34.